The molecule has 0 bridgehead atoms. The zero-order valence-corrected chi connectivity index (χ0v) is 16.8. The smallest absolute Gasteiger partial charge is 0.243 e. The molecule has 2 aromatic carbocycles. The fraction of sp³-hybridized carbons (Fsp3) is 0.316. The van der Waals surface area contributed by atoms with Crippen molar-refractivity contribution >= 4 is 47.0 Å². The monoisotopic (exact) mass is 411 g/mol. The minimum Gasteiger partial charge on any atom is -0.495 e. The highest BCUT2D eigenvalue weighted by atomic mass is 35.5. The number of hydrogen-bond acceptors (Lipinski definition) is 5. The van der Waals surface area contributed by atoms with Gasteiger partial charge in [0.2, 0.25) is 5.91 Å². The van der Waals surface area contributed by atoms with Gasteiger partial charge in [0.05, 0.1) is 31.5 Å². The number of nitrogens with two attached hydrogens (primary N) is 1. The molecule has 2 aromatic rings. The standard InChI is InChI=1S/C19H22ClN3O3.ClH/c1-25-17-10-18(26-2)15(9-13(17)20)22-19(24)11-23-8-4-5-12-14(21)6-3-7-16(12)23;/h3,6-7,9-10H,4-5,8,11,21H2,1-2H3,(H,22,24);1H. The summed E-state index contributed by atoms with van der Waals surface area (Å²) < 4.78 is 10.5. The van der Waals surface area contributed by atoms with E-state index in [0.717, 1.165) is 36.3 Å². The van der Waals surface area contributed by atoms with Crippen molar-refractivity contribution < 1.29 is 14.3 Å². The number of hydrogen-bond donors (Lipinski definition) is 2. The van der Waals surface area contributed by atoms with E-state index in [-0.39, 0.29) is 24.9 Å². The van der Waals surface area contributed by atoms with Crippen molar-refractivity contribution in [1.29, 1.82) is 0 Å². The van der Waals surface area contributed by atoms with Crippen LogP contribution in [-0.4, -0.2) is 33.2 Å². The molecule has 0 fully saturated rings. The normalized spacial score (nSPS) is 12.6. The van der Waals surface area contributed by atoms with Crippen LogP contribution in [0, 0.1) is 0 Å². The summed E-state index contributed by atoms with van der Waals surface area (Å²) in [6.07, 6.45) is 1.90. The Hall–Kier alpha value is -2.31. The van der Waals surface area contributed by atoms with Gasteiger partial charge in [-0.3, -0.25) is 4.79 Å². The lowest BCUT2D eigenvalue weighted by Gasteiger charge is -2.31. The predicted molar refractivity (Wildman–Crippen MR) is 112 cm³/mol. The zero-order chi connectivity index (χ0) is 18.7. The molecule has 0 saturated heterocycles. The highest BCUT2D eigenvalue weighted by Gasteiger charge is 2.21. The van der Waals surface area contributed by atoms with Crippen LogP contribution in [0.1, 0.15) is 12.0 Å². The van der Waals surface area contributed by atoms with Gasteiger partial charge < -0.3 is 25.4 Å². The molecular formula is C19H23Cl2N3O3. The predicted octanol–water partition coefficient (Wildman–Crippen LogP) is 3.75. The number of nitrogen functional groups attached to an aromatic ring is 1. The molecule has 0 aromatic heterocycles. The Morgan fingerprint density at radius 1 is 1.26 bits per heavy atom. The Morgan fingerprint density at radius 2 is 2.00 bits per heavy atom. The van der Waals surface area contributed by atoms with Crippen LogP contribution in [0.15, 0.2) is 30.3 Å². The summed E-state index contributed by atoms with van der Waals surface area (Å²) in [5.74, 6) is 0.824. The molecule has 0 aliphatic carbocycles. The Morgan fingerprint density at radius 3 is 2.70 bits per heavy atom. The average molecular weight is 412 g/mol. The third-order valence-corrected chi connectivity index (χ3v) is 4.76. The van der Waals surface area contributed by atoms with E-state index in [1.54, 1.807) is 12.1 Å². The van der Waals surface area contributed by atoms with Gasteiger partial charge in [-0.15, -0.1) is 12.4 Å². The van der Waals surface area contributed by atoms with E-state index in [2.05, 4.69) is 5.32 Å². The topological polar surface area (TPSA) is 76.8 Å². The highest BCUT2D eigenvalue weighted by Crippen LogP contribution is 2.36. The molecule has 0 unspecified atom stereocenters. The second kappa shape index (κ2) is 9.06. The summed E-state index contributed by atoms with van der Waals surface area (Å²) in [7, 11) is 3.06. The average Bonchev–Trinajstić information content (AvgIpc) is 2.63. The van der Waals surface area contributed by atoms with Gasteiger partial charge in [0.1, 0.15) is 11.5 Å². The first kappa shape index (κ1) is 21.0. The van der Waals surface area contributed by atoms with Gasteiger partial charge in [-0.05, 0) is 36.6 Å². The van der Waals surface area contributed by atoms with Crippen LogP contribution in [0.25, 0.3) is 0 Å². The van der Waals surface area contributed by atoms with Crippen LogP contribution in [-0.2, 0) is 11.2 Å². The van der Waals surface area contributed by atoms with Crippen molar-refractivity contribution in [3.05, 3.63) is 40.9 Å². The number of nitrogens with one attached hydrogen (secondary N) is 1. The highest BCUT2D eigenvalue weighted by molar-refractivity contribution is 6.32. The second-order valence-corrected chi connectivity index (χ2v) is 6.51. The van der Waals surface area contributed by atoms with E-state index in [0.29, 0.717) is 22.2 Å². The van der Waals surface area contributed by atoms with Gasteiger partial charge in [-0.25, -0.2) is 0 Å². The first-order chi connectivity index (χ1) is 12.5. The number of benzene rings is 2. The van der Waals surface area contributed by atoms with E-state index < -0.39 is 0 Å². The number of nitrogens with zero attached hydrogens (tertiary/aromatic N) is 1. The van der Waals surface area contributed by atoms with Gasteiger partial charge in [0.15, 0.2) is 0 Å². The summed E-state index contributed by atoms with van der Waals surface area (Å²) in [4.78, 5) is 14.6. The molecule has 1 aliphatic rings. The largest absolute Gasteiger partial charge is 0.495 e. The number of rotatable bonds is 5. The fourth-order valence-corrected chi connectivity index (χ4v) is 3.45. The molecule has 146 valence electrons. The summed E-state index contributed by atoms with van der Waals surface area (Å²) in [6, 6.07) is 9.08. The molecule has 0 saturated carbocycles. The van der Waals surface area contributed by atoms with Crippen LogP contribution >= 0.6 is 24.0 Å². The molecular weight excluding hydrogens is 389 g/mol. The van der Waals surface area contributed by atoms with Crippen LogP contribution in [0.3, 0.4) is 0 Å². The molecule has 1 aliphatic heterocycles. The summed E-state index contributed by atoms with van der Waals surface area (Å²) in [5, 5.41) is 3.27. The van der Waals surface area contributed by atoms with Gasteiger partial charge in [-0.2, -0.15) is 0 Å². The van der Waals surface area contributed by atoms with E-state index >= 15 is 0 Å². The van der Waals surface area contributed by atoms with E-state index in [4.69, 9.17) is 26.8 Å². The van der Waals surface area contributed by atoms with Crippen molar-refractivity contribution in [2.75, 3.05) is 43.3 Å². The third-order valence-electron chi connectivity index (χ3n) is 4.47. The number of fused-ring (bicyclic) bond motifs is 1. The number of methoxy groups -OCH3 is 2. The molecule has 0 atom stereocenters. The third kappa shape index (κ3) is 4.51. The molecule has 6 nitrogen and oxygen atoms in total. The Kier molecular flexibility index (Phi) is 7.05. The minimum atomic E-state index is -0.153. The van der Waals surface area contributed by atoms with Gasteiger partial charge in [0.25, 0.3) is 0 Å². The Balaban J connectivity index is 0.00000261. The number of carbonyl (C=O) groups is 1. The maximum absolute atomic E-state index is 12.6. The molecule has 0 spiro atoms. The molecule has 3 rings (SSSR count). The Labute approximate surface area is 170 Å². The number of carbonyl (C=O) groups excluding carboxylic acids is 1. The maximum atomic E-state index is 12.6. The lowest BCUT2D eigenvalue weighted by molar-refractivity contribution is -0.115. The first-order valence-electron chi connectivity index (χ1n) is 8.37. The molecule has 1 heterocycles. The number of anilines is 3. The summed E-state index contributed by atoms with van der Waals surface area (Å²) in [5.41, 5.74) is 9.48. The van der Waals surface area contributed by atoms with Crippen molar-refractivity contribution in [1.82, 2.24) is 0 Å². The number of ether oxygens (including phenoxy) is 2. The van der Waals surface area contributed by atoms with Crippen LogP contribution < -0.4 is 25.4 Å². The minimum absolute atomic E-state index is 0. The van der Waals surface area contributed by atoms with Crippen LogP contribution in [0.5, 0.6) is 11.5 Å². The van der Waals surface area contributed by atoms with Crippen molar-refractivity contribution in [2.24, 2.45) is 0 Å². The van der Waals surface area contributed by atoms with E-state index in [1.807, 2.05) is 23.1 Å². The van der Waals surface area contributed by atoms with Gasteiger partial charge in [0, 0.05) is 24.0 Å². The summed E-state index contributed by atoms with van der Waals surface area (Å²) >= 11 is 6.16. The van der Waals surface area contributed by atoms with Crippen molar-refractivity contribution in [2.45, 2.75) is 12.8 Å². The van der Waals surface area contributed by atoms with E-state index in [9.17, 15) is 4.79 Å². The van der Waals surface area contributed by atoms with Gasteiger partial charge in [-0.1, -0.05) is 17.7 Å². The van der Waals surface area contributed by atoms with E-state index in [1.165, 1.54) is 14.2 Å². The quantitative estimate of drug-likeness (QED) is 0.732. The van der Waals surface area contributed by atoms with Crippen LogP contribution in [0.2, 0.25) is 5.02 Å². The maximum Gasteiger partial charge on any atom is 0.243 e. The second-order valence-electron chi connectivity index (χ2n) is 6.11. The molecule has 1 amide bonds. The lowest BCUT2D eigenvalue weighted by Crippen LogP contribution is -2.37. The van der Waals surface area contributed by atoms with Crippen molar-refractivity contribution in [3.8, 4) is 11.5 Å². The van der Waals surface area contributed by atoms with Gasteiger partial charge >= 0.3 is 0 Å². The number of amides is 1. The van der Waals surface area contributed by atoms with Crippen LogP contribution in [0.4, 0.5) is 17.1 Å². The van der Waals surface area contributed by atoms with Crippen molar-refractivity contribution in [3.63, 3.8) is 0 Å². The SMILES string of the molecule is COc1cc(OC)c(NC(=O)CN2CCCc3c(N)cccc32)cc1Cl.Cl. The molecule has 0 radical (unpaired) electrons. The summed E-state index contributed by atoms with van der Waals surface area (Å²) in [6.45, 7) is 1.04. The fourth-order valence-electron chi connectivity index (χ4n) is 3.21. The Bertz CT molecular complexity index is 830. The molecule has 3 N–H and O–H groups in total. The first-order valence-corrected chi connectivity index (χ1v) is 8.75. The zero-order valence-electron chi connectivity index (χ0n) is 15.3. The lowest BCUT2D eigenvalue weighted by atomic mass is 10.00. The molecule has 8 heteroatoms. The molecule has 27 heavy (non-hydrogen) atoms. The number of halogens is 2.